The van der Waals surface area contributed by atoms with Crippen LogP contribution >= 0.6 is 24.0 Å². The van der Waals surface area contributed by atoms with Crippen LogP contribution in [-0.4, -0.2) is 74.3 Å². The highest BCUT2D eigenvalue weighted by Crippen LogP contribution is 2.13. The topological polar surface area (TPSA) is 40.1 Å². The summed E-state index contributed by atoms with van der Waals surface area (Å²) in [6.07, 6.45) is 2.65. The van der Waals surface area contributed by atoms with Crippen LogP contribution in [0.25, 0.3) is 0 Å². The van der Waals surface area contributed by atoms with Gasteiger partial charge in [-0.05, 0) is 39.8 Å². The standard InChI is InChI=1S/C16H34N4O.HI/c1-5-17-16(18-11-14-19(6-2)7-3)20-12-9-15(10-13-20)21-8-4;/h15H,5-14H2,1-4H3,(H,17,18);1H. The van der Waals surface area contributed by atoms with Crippen LogP contribution in [0.15, 0.2) is 4.99 Å². The van der Waals surface area contributed by atoms with E-state index in [1.165, 1.54) is 0 Å². The minimum atomic E-state index is 0. The van der Waals surface area contributed by atoms with Gasteiger partial charge in [-0.2, -0.15) is 0 Å². The summed E-state index contributed by atoms with van der Waals surface area (Å²) in [5, 5.41) is 3.43. The summed E-state index contributed by atoms with van der Waals surface area (Å²) in [5.74, 6) is 1.07. The Labute approximate surface area is 153 Å². The number of likely N-dealkylation sites (tertiary alicyclic amines) is 1. The molecule has 5 nitrogen and oxygen atoms in total. The summed E-state index contributed by atoms with van der Waals surface area (Å²) in [7, 11) is 0. The first kappa shape index (κ1) is 21.9. The Morgan fingerprint density at radius 2 is 1.82 bits per heavy atom. The first-order chi connectivity index (χ1) is 10.2. The molecule has 1 aliphatic heterocycles. The van der Waals surface area contributed by atoms with E-state index in [2.05, 4.69) is 42.8 Å². The molecule has 1 fully saturated rings. The van der Waals surface area contributed by atoms with Crippen molar-refractivity contribution < 1.29 is 4.74 Å². The van der Waals surface area contributed by atoms with Gasteiger partial charge in [0.05, 0.1) is 12.6 Å². The van der Waals surface area contributed by atoms with Crippen LogP contribution in [0.4, 0.5) is 0 Å². The smallest absolute Gasteiger partial charge is 0.193 e. The largest absolute Gasteiger partial charge is 0.378 e. The molecule has 0 aromatic heterocycles. The van der Waals surface area contributed by atoms with Gasteiger partial charge >= 0.3 is 0 Å². The average Bonchev–Trinajstić information content (AvgIpc) is 2.52. The maximum Gasteiger partial charge on any atom is 0.193 e. The molecule has 1 aliphatic rings. The molecule has 0 saturated carbocycles. The lowest BCUT2D eigenvalue weighted by molar-refractivity contribution is 0.0263. The molecule has 1 saturated heterocycles. The van der Waals surface area contributed by atoms with Gasteiger partial charge in [-0.25, -0.2) is 0 Å². The van der Waals surface area contributed by atoms with Crippen LogP contribution in [0.2, 0.25) is 0 Å². The van der Waals surface area contributed by atoms with Crippen molar-refractivity contribution in [1.82, 2.24) is 15.1 Å². The van der Waals surface area contributed by atoms with Crippen molar-refractivity contribution >= 4 is 29.9 Å². The van der Waals surface area contributed by atoms with Crippen LogP contribution in [0.1, 0.15) is 40.5 Å². The zero-order valence-corrected chi connectivity index (χ0v) is 17.1. The number of nitrogens with one attached hydrogen (secondary N) is 1. The SMILES string of the molecule is CCNC(=NCCN(CC)CC)N1CCC(OCC)CC1.I. The summed E-state index contributed by atoms with van der Waals surface area (Å²) >= 11 is 0. The molecule has 0 aromatic carbocycles. The van der Waals surface area contributed by atoms with Gasteiger partial charge in [0, 0.05) is 32.8 Å². The quantitative estimate of drug-likeness (QED) is 0.368. The van der Waals surface area contributed by atoms with Crippen LogP contribution in [0.5, 0.6) is 0 Å². The Kier molecular flexibility index (Phi) is 13.3. The summed E-state index contributed by atoms with van der Waals surface area (Å²) in [5.41, 5.74) is 0. The van der Waals surface area contributed by atoms with Gasteiger partial charge in [-0.3, -0.25) is 4.99 Å². The van der Waals surface area contributed by atoms with Gasteiger partial charge < -0.3 is 19.9 Å². The molecule has 0 aliphatic carbocycles. The van der Waals surface area contributed by atoms with Gasteiger partial charge in [-0.15, -0.1) is 24.0 Å². The minimum Gasteiger partial charge on any atom is -0.378 e. The van der Waals surface area contributed by atoms with E-state index >= 15 is 0 Å². The number of nitrogens with zero attached hydrogens (tertiary/aromatic N) is 3. The number of piperidine rings is 1. The highest BCUT2D eigenvalue weighted by atomic mass is 127. The zero-order chi connectivity index (χ0) is 15.5. The minimum absolute atomic E-state index is 0. The number of hydrogen-bond acceptors (Lipinski definition) is 3. The molecule has 0 unspecified atom stereocenters. The molecule has 0 radical (unpaired) electrons. The zero-order valence-electron chi connectivity index (χ0n) is 14.8. The third-order valence-electron chi connectivity index (χ3n) is 4.05. The maximum absolute atomic E-state index is 5.72. The van der Waals surface area contributed by atoms with Crippen LogP contribution in [0, 0.1) is 0 Å². The van der Waals surface area contributed by atoms with Crippen molar-refractivity contribution in [3.05, 3.63) is 0 Å². The predicted molar refractivity (Wildman–Crippen MR) is 105 cm³/mol. The number of aliphatic imine (C=N–C) groups is 1. The molecule has 0 amide bonds. The fourth-order valence-electron chi connectivity index (χ4n) is 2.73. The summed E-state index contributed by atoms with van der Waals surface area (Å²) in [6.45, 7) is 16.6. The van der Waals surface area contributed by atoms with Crippen LogP contribution in [-0.2, 0) is 4.74 Å². The van der Waals surface area contributed by atoms with Crippen molar-refractivity contribution in [3.63, 3.8) is 0 Å². The van der Waals surface area contributed by atoms with Crippen molar-refractivity contribution in [2.75, 3.05) is 52.4 Å². The third kappa shape index (κ3) is 7.97. The molecule has 132 valence electrons. The van der Waals surface area contributed by atoms with Crippen molar-refractivity contribution in [3.8, 4) is 0 Å². The molecular weight excluding hydrogens is 391 g/mol. The van der Waals surface area contributed by atoms with Crippen molar-refractivity contribution in [2.24, 2.45) is 4.99 Å². The average molecular weight is 426 g/mol. The summed E-state index contributed by atoms with van der Waals surface area (Å²) in [4.78, 5) is 9.58. The van der Waals surface area contributed by atoms with Gasteiger partial charge in [-0.1, -0.05) is 13.8 Å². The molecule has 22 heavy (non-hydrogen) atoms. The van der Waals surface area contributed by atoms with Gasteiger partial charge in [0.15, 0.2) is 5.96 Å². The Balaban J connectivity index is 0.00000441. The Morgan fingerprint density at radius 3 is 2.32 bits per heavy atom. The van der Waals surface area contributed by atoms with E-state index < -0.39 is 0 Å². The first-order valence-electron chi connectivity index (χ1n) is 8.62. The van der Waals surface area contributed by atoms with Crippen molar-refractivity contribution in [1.29, 1.82) is 0 Å². The lowest BCUT2D eigenvalue weighted by atomic mass is 10.1. The van der Waals surface area contributed by atoms with Crippen LogP contribution < -0.4 is 5.32 Å². The van der Waals surface area contributed by atoms with E-state index in [1.54, 1.807) is 0 Å². The molecular formula is C16H35IN4O. The van der Waals surface area contributed by atoms with Gasteiger partial charge in [0.25, 0.3) is 0 Å². The molecule has 0 spiro atoms. The monoisotopic (exact) mass is 426 g/mol. The number of ether oxygens (including phenoxy) is 1. The second-order valence-corrected chi connectivity index (χ2v) is 5.40. The maximum atomic E-state index is 5.72. The fraction of sp³-hybridized carbons (Fsp3) is 0.938. The number of hydrogen-bond donors (Lipinski definition) is 1. The molecule has 0 bridgehead atoms. The second kappa shape index (κ2) is 13.4. The lowest BCUT2D eigenvalue weighted by Gasteiger charge is -2.34. The van der Waals surface area contributed by atoms with E-state index in [0.717, 1.165) is 71.2 Å². The molecule has 0 atom stereocenters. The fourth-order valence-corrected chi connectivity index (χ4v) is 2.73. The Hall–Kier alpha value is -0.0800. The number of halogens is 1. The summed E-state index contributed by atoms with van der Waals surface area (Å²) in [6, 6.07) is 0. The van der Waals surface area contributed by atoms with Crippen LogP contribution in [0.3, 0.4) is 0 Å². The van der Waals surface area contributed by atoms with Gasteiger partial charge in [0.1, 0.15) is 0 Å². The normalized spacial score (nSPS) is 16.8. The lowest BCUT2D eigenvalue weighted by Crippen LogP contribution is -2.47. The van der Waals surface area contributed by atoms with E-state index in [1.807, 2.05) is 0 Å². The third-order valence-corrected chi connectivity index (χ3v) is 4.05. The molecule has 1 N–H and O–H groups in total. The molecule has 1 heterocycles. The van der Waals surface area contributed by atoms with E-state index in [-0.39, 0.29) is 24.0 Å². The van der Waals surface area contributed by atoms with E-state index in [9.17, 15) is 0 Å². The highest BCUT2D eigenvalue weighted by Gasteiger charge is 2.21. The number of guanidine groups is 1. The molecule has 6 heteroatoms. The first-order valence-corrected chi connectivity index (χ1v) is 8.62. The Bertz CT molecular complexity index is 290. The van der Waals surface area contributed by atoms with E-state index in [4.69, 9.17) is 9.73 Å². The van der Waals surface area contributed by atoms with Crippen molar-refractivity contribution in [2.45, 2.75) is 46.6 Å². The Morgan fingerprint density at radius 1 is 1.18 bits per heavy atom. The second-order valence-electron chi connectivity index (χ2n) is 5.40. The highest BCUT2D eigenvalue weighted by molar-refractivity contribution is 14.0. The summed E-state index contributed by atoms with van der Waals surface area (Å²) < 4.78 is 5.72. The number of rotatable bonds is 8. The predicted octanol–water partition coefficient (Wildman–Crippen LogP) is 2.41. The molecule has 0 aromatic rings. The van der Waals surface area contributed by atoms with Gasteiger partial charge in [0.2, 0.25) is 0 Å². The number of likely N-dealkylation sites (N-methyl/N-ethyl adjacent to an activating group) is 1. The van der Waals surface area contributed by atoms with E-state index in [0.29, 0.717) is 6.10 Å². The molecule has 1 rings (SSSR count).